The fourth-order valence-corrected chi connectivity index (χ4v) is 4.27. The fraction of sp³-hybridized carbons (Fsp3) is 1.00. The van der Waals surface area contributed by atoms with Crippen molar-refractivity contribution in [1.82, 2.24) is 4.31 Å². The van der Waals surface area contributed by atoms with Crippen molar-refractivity contribution in [3.63, 3.8) is 0 Å². The van der Waals surface area contributed by atoms with Gasteiger partial charge in [-0.25, -0.2) is 12.7 Å². The maximum Gasteiger partial charge on any atom is 0.216 e. The second kappa shape index (κ2) is 5.45. The third-order valence-corrected chi connectivity index (χ3v) is 5.82. The van der Waals surface area contributed by atoms with Crippen LogP contribution in [0.25, 0.3) is 0 Å². The van der Waals surface area contributed by atoms with Gasteiger partial charge in [-0.05, 0) is 25.7 Å². The van der Waals surface area contributed by atoms with Crippen LogP contribution in [0.3, 0.4) is 0 Å². The van der Waals surface area contributed by atoms with E-state index in [9.17, 15) is 13.5 Å². The van der Waals surface area contributed by atoms with E-state index >= 15 is 0 Å². The van der Waals surface area contributed by atoms with Crippen molar-refractivity contribution < 1.29 is 18.3 Å². The maximum atomic E-state index is 12.2. The largest absolute Gasteiger partial charge is 0.389 e. The topological polar surface area (TPSA) is 66.8 Å². The quantitative estimate of drug-likeness (QED) is 0.804. The standard InChI is InChI=1S/C12H23NO4S/c1-13(10-12(14)6-2-3-7-12)18(15,16)9-11-5-4-8-17-11/h11,14H,2-10H2,1H3. The van der Waals surface area contributed by atoms with E-state index in [2.05, 4.69) is 0 Å². The van der Waals surface area contributed by atoms with Crippen molar-refractivity contribution in [1.29, 1.82) is 0 Å². The molecule has 6 heteroatoms. The van der Waals surface area contributed by atoms with Crippen LogP contribution in [0, 0.1) is 0 Å². The number of ether oxygens (including phenoxy) is 1. The van der Waals surface area contributed by atoms with Crippen molar-refractivity contribution >= 4 is 10.0 Å². The number of nitrogens with zero attached hydrogens (tertiary/aromatic N) is 1. The maximum absolute atomic E-state index is 12.2. The van der Waals surface area contributed by atoms with E-state index in [-0.39, 0.29) is 18.4 Å². The summed E-state index contributed by atoms with van der Waals surface area (Å²) in [7, 11) is -1.76. The van der Waals surface area contributed by atoms with Gasteiger partial charge in [-0.2, -0.15) is 0 Å². The highest BCUT2D eigenvalue weighted by Gasteiger charge is 2.36. The van der Waals surface area contributed by atoms with Gasteiger partial charge in [-0.3, -0.25) is 0 Å². The minimum atomic E-state index is -3.32. The van der Waals surface area contributed by atoms with E-state index in [4.69, 9.17) is 4.74 Å². The Morgan fingerprint density at radius 3 is 2.56 bits per heavy atom. The Labute approximate surface area is 109 Å². The molecule has 18 heavy (non-hydrogen) atoms. The van der Waals surface area contributed by atoms with Crippen LogP contribution in [0.2, 0.25) is 0 Å². The second-order valence-electron chi connectivity index (χ2n) is 5.60. The summed E-state index contributed by atoms with van der Waals surface area (Å²) in [4.78, 5) is 0. The molecule has 5 nitrogen and oxygen atoms in total. The minimum absolute atomic E-state index is 0.0413. The van der Waals surface area contributed by atoms with Crippen LogP contribution in [0.4, 0.5) is 0 Å². The van der Waals surface area contributed by atoms with Gasteiger partial charge in [0.05, 0.1) is 17.5 Å². The molecule has 0 amide bonds. The molecule has 1 heterocycles. The second-order valence-corrected chi connectivity index (χ2v) is 7.72. The molecule has 1 N–H and O–H groups in total. The molecule has 1 atom stereocenters. The van der Waals surface area contributed by atoms with Crippen molar-refractivity contribution in [2.45, 2.75) is 50.2 Å². The molecule has 0 aromatic carbocycles. The van der Waals surface area contributed by atoms with Crippen LogP contribution in [0.5, 0.6) is 0 Å². The van der Waals surface area contributed by atoms with Gasteiger partial charge in [-0.15, -0.1) is 0 Å². The molecule has 2 rings (SSSR count). The number of hydrogen-bond donors (Lipinski definition) is 1. The van der Waals surface area contributed by atoms with Gasteiger partial charge in [0.15, 0.2) is 0 Å². The van der Waals surface area contributed by atoms with Crippen molar-refractivity contribution in [3.8, 4) is 0 Å². The van der Waals surface area contributed by atoms with Gasteiger partial charge in [-0.1, -0.05) is 12.8 Å². The molecular formula is C12H23NO4S. The molecular weight excluding hydrogens is 254 g/mol. The first-order valence-corrected chi connectivity index (χ1v) is 8.30. The van der Waals surface area contributed by atoms with E-state index in [0.29, 0.717) is 19.4 Å². The van der Waals surface area contributed by atoms with Gasteiger partial charge in [0.1, 0.15) is 0 Å². The predicted octanol–water partition coefficient (Wildman–Crippen LogP) is 0.732. The Hall–Kier alpha value is -0.170. The highest BCUT2D eigenvalue weighted by molar-refractivity contribution is 7.89. The first-order chi connectivity index (χ1) is 8.41. The lowest BCUT2D eigenvalue weighted by molar-refractivity contribution is 0.0330. The molecule has 2 fully saturated rings. The normalized spacial score (nSPS) is 28.1. The number of rotatable bonds is 5. The Kier molecular flexibility index (Phi) is 4.31. The molecule has 0 aromatic rings. The Balaban J connectivity index is 1.91. The number of hydrogen-bond acceptors (Lipinski definition) is 4. The van der Waals surface area contributed by atoms with Gasteiger partial charge in [0, 0.05) is 20.2 Å². The summed E-state index contributed by atoms with van der Waals surface area (Å²) in [5.41, 5.74) is -0.821. The average Bonchev–Trinajstić information content (AvgIpc) is 2.89. The van der Waals surface area contributed by atoms with Gasteiger partial charge >= 0.3 is 0 Å². The monoisotopic (exact) mass is 277 g/mol. The summed E-state index contributed by atoms with van der Waals surface area (Å²) in [6, 6.07) is 0. The van der Waals surface area contributed by atoms with E-state index in [1.807, 2.05) is 0 Å². The van der Waals surface area contributed by atoms with E-state index in [1.54, 1.807) is 7.05 Å². The lowest BCUT2D eigenvalue weighted by atomic mass is 10.0. The molecule has 1 aliphatic carbocycles. The van der Waals surface area contributed by atoms with Crippen LogP contribution >= 0.6 is 0 Å². The summed E-state index contributed by atoms with van der Waals surface area (Å²) in [5, 5.41) is 10.2. The molecule has 1 aliphatic heterocycles. The third kappa shape index (κ3) is 3.44. The van der Waals surface area contributed by atoms with Gasteiger partial charge < -0.3 is 9.84 Å². The zero-order valence-corrected chi connectivity index (χ0v) is 11.8. The highest BCUT2D eigenvalue weighted by Crippen LogP contribution is 2.30. The summed E-state index contributed by atoms with van der Waals surface area (Å²) in [6.07, 6.45) is 4.95. The molecule has 0 radical (unpaired) electrons. The zero-order valence-electron chi connectivity index (χ0n) is 11.0. The van der Waals surface area contributed by atoms with Crippen molar-refractivity contribution in [3.05, 3.63) is 0 Å². The van der Waals surface area contributed by atoms with E-state index in [1.165, 1.54) is 4.31 Å². The summed E-state index contributed by atoms with van der Waals surface area (Å²) in [5.74, 6) is 0.0413. The molecule has 0 spiro atoms. The summed E-state index contributed by atoms with van der Waals surface area (Å²) < 4.78 is 31.0. The zero-order chi connectivity index (χ0) is 13.2. The van der Waals surface area contributed by atoms with E-state index in [0.717, 1.165) is 25.7 Å². The molecule has 1 saturated heterocycles. The third-order valence-electron chi connectivity index (χ3n) is 3.95. The molecule has 0 bridgehead atoms. The molecule has 1 saturated carbocycles. The minimum Gasteiger partial charge on any atom is -0.389 e. The van der Waals surface area contributed by atoms with Crippen molar-refractivity contribution in [2.75, 3.05) is 26.0 Å². The van der Waals surface area contributed by atoms with Crippen LogP contribution in [0.15, 0.2) is 0 Å². The van der Waals surface area contributed by atoms with Crippen LogP contribution in [0.1, 0.15) is 38.5 Å². The van der Waals surface area contributed by atoms with Gasteiger partial charge in [0.2, 0.25) is 10.0 Å². The van der Waals surface area contributed by atoms with E-state index < -0.39 is 15.6 Å². The molecule has 0 aromatic heterocycles. The van der Waals surface area contributed by atoms with Crippen LogP contribution in [-0.2, 0) is 14.8 Å². The Morgan fingerprint density at radius 2 is 2.00 bits per heavy atom. The number of sulfonamides is 1. The first kappa shape index (κ1) is 14.2. The van der Waals surface area contributed by atoms with Gasteiger partial charge in [0.25, 0.3) is 0 Å². The van der Waals surface area contributed by atoms with Crippen molar-refractivity contribution in [2.24, 2.45) is 0 Å². The molecule has 1 unspecified atom stereocenters. The predicted molar refractivity (Wildman–Crippen MR) is 68.8 cm³/mol. The first-order valence-electron chi connectivity index (χ1n) is 6.69. The SMILES string of the molecule is CN(CC1(O)CCCC1)S(=O)(=O)CC1CCCO1. The molecule has 2 aliphatic rings. The summed E-state index contributed by atoms with van der Waals surface area (Å²) in [6.45, 7) is 0.871. The fourth-order valence-electron chi connectivity index (χ4n) is 2.84. The highest BCUT2D eigenvalue weighted by atomic mass is 32.2. The Bertz CT molecular complexity index is 370. The lowest BCUT2D eigenvalue weighted by Crippen LogP contribution is -2.44. The Morgan fingerprint density at radius 1 is 1.33 bits per heavy atom. The number of aliphatic hydroxyl groups is 1. The average molecular weight is 277 g/mol. The molecule has 106 valence electrons. The van der Waals surface area contributed by atoms with Crippen LogP contribution < -0.4 is 0 Å². The smallest absolute Gasteiger partial charge is 0.216 e. The lowest BCUT2D eigenvalue weighted by Gasteiger charge is -2.28. The van der Waals surface area contributed by atoms with Crippen LogP contribution in [-0.4, -0.2) is 55.5 Å². The summed E-state index contributed by atoms with van der Waals surface area (Å²) >= 11 is 0. The number of likely N-dealkylation sites (N-methyl/N-ethyl adjacent to an activating group) is 1.